The van der Waals surface area contributed by atoms with E-state index in [1.165, 1.54) is 17.3 Å². The normalized spacial score (nSPS) is 19.9. The fraction of sp³-hybridized carbons (Fsp3) is 0.150. The lowest BCUT2D eigenvalue weighted by Gasteiger charge is -2.10. The first-order valence-electron chi connectivity index (χ1n) is 8.64. The maximum Gasteiger partial charge on any atom is 0.211 e. The molecule has 0 aromatic heterocycles. The molecular formula is C20H19N5OS. The molecule has 0 radical (unpaired) electrons. The molecule has 0 spiro atoms. The van der Waals surface area contributed by atoms with Crippen molar-refractivity contribution in [3.8, 4) is 0 Å². The molecule has 0 fully saturated rings. The molecule has 2 aliphatic rings. The molecule has 0 amide bonds. The van der Waals surface area contributed by atoms with Gasteiger partial charge in [-0.2, -0.15) is 0 Å². The second-order valence-electron chi connectivity index (χ2n) is 6.27. The maximum absolute atomic E-state index is 9.51. The zero-order valence-electron chi connectivity index (χ0n) is 14.6. The Morgan fingerprint density at radius 3 is 2.81 bits per heavy atom. The van der Waals surface area contributed by atoms with Crippen molar-refractivity contribution in [2.24, 2.45) is 21.0 Å². The van der Waals surface area contributed by atoms with E-state index in [0.717, 1.165) is 32.5 Å². The van der Waals surface area contributed by atoms with E-state index in [0.29, 0.717) is 11.7 Å². The number of azo groups is 1. The molecule has 0 aliphatic carbocycles. The van der Waals surface area contributed by atoms with Crippen LogP contribution in [0.5, 0.6) is 0 Å². The summed E-state index contributed by atoms with van der Waals surface area (Å²) in [5.74, 6) is 0. The van der Waals surface area contributed by atoms with Crippen LogP contribution in [0, 0.1) is 0 Å². The zero-order valence-corrected chi connectivity index (χ0v) is 15.4. The van der Waals surface area contributed by atoms with E-state index in [1.54, 1.807) is 12.4 Å². The second-order valence-corrected chi connectivity index (χ2v) is 7.22. The van der Waals surface area contributed by atoms with Gasteiger partial charge in [-0.25, -0.2) is 5.06 Å². The molecule has 7 heteroatoms. The van der Waals surface area contributed by atoms with Gasteiger partial charge in [-0.3, -0.25) is 10.2 Å². The molecule has 1 unspecified atom stereocenters. The van der Waals surface area contributed by atoms with E-state index in [9.17, 15) is 5.21 Å². The summed E-state index contributed by atoms with van der Waals surface area (Å²) in [6.07, 6.45) is 5.90. The first kappa shape index (κ1) is 17.7. The minimum absolute atomic E-state index is 0.0233. The summed E-state index contributed by atoms with van der Waals surface area (Å²) in [7, 11) is 0. The number of fused-ring (bicyclic) bond motifs is 1. The molecule has 0 bridgehead atoms. The number of amidine groups is 1. The van der Waals surface area contributed by atoms with Gasteiger partial charge in [-0.1, -0.05) is 42.5 Å². The Hall–Kier alpha value is -2.74. The van der Waals surface area contributed by atoms with Gasteiger partial charge < -0.3 is 5.73 Å². The van der Waals surface area contributed by atoms with E-state index in [4.69, 9.17) is 5.73 Å². The lowest BCUT2D eigenvalue weighted by atomic mass is 10.1. The Labute approximate surface area is 161 Å². The third-order valence-corrected chi connectivity index (χ3v) is 5.19. The molecule has 2 aromatic carbocycles. The van der Waals surface area contributed by atoms with Gasteiger partial charge in [0.2, 0.25) is 5.17 Å². The summed E-state index contributed by atoms with van der Waals surface area (Å²) in [6, 6.07) is 16.1. The lowest BCUT2D eigenvalue weighted by molar-refractivity contribution is 0.0323. The van der Waals surface area contributed by atoms with Crippen LogP contribution in [0.15, 0.2) is 70.0 Å². The van der Waals surface area contributed by atoms with E-state index in [1.807, 2.05) is 42.5 Å². The van der Waals surface area contributed by atoms with E-state index >= 15 is 0 Å². The Balaban J connectivity index is 1.55. The number of hydrogen-bond acceptors (Lipinski definition) is 6. The zero-order chi connectivity index (χ0) is 18.6. The predicted molar refractivity (Wildman–Crippen MR) is 109 cm³/mol. The van der Waals surface area contributed by atoms with Crippen molar-refractivity contribution >= 4 is 34.2 Å². The van der Waals surface area contributed by atoms with Crippen LogP contribution in [0.25, 0.3) is 17.3 Å². The average molecular weight is 377 g/mol. The van der Waals surface area contributed by atoms with Gasteiger partial charge >= 0.3 is 0 Å². The standard InChI is InChI=1S/C20H19N5OS/c21-12-18(10-14-4-2-1-3-5-14)22-20-24-23-19(27-20)16-6-7-17-13-25(26)9-8-15(17)11-16/h1-9,11,13,18,26H,10,12,21H2. The minimum atomic E-state index is -0.0233. The first-order chi connectivity index (χ1) is 13.2. The molecule has 4 rings (SSSR count). The smallest absolute Gasteiger partial charge is 0.211 e. The van der Waals surface area contributed by atoms with Crippen molar-refractivity contribution in [3.63, 3.8) is 0 Å². The van der Waals surface area contributed by atoms with Gasteiger partial charge in [0.1, 0.15) is 5.03 Å². The molecule has 6 nitrogen and oxygen atoms in total. The summed E-state index contributed by atoms with van der Waals surface area (Å²) in [6.45, 7) is 0.459. The molecule has 27 heavy (non-hydrogen) atoms. The fourth-order valence-electron chi connectivity index (χ4n) is 2.92. The third-order valence-electron chi connectivity index (χ3n) is 4.31. The highest BCUT2D eigenvalue weighted by atomic mass is 32.2. The van der Waals surface area contributed by atoms with Crippen LogP contribution >= 0.6 is 11.8 Å². The highest BCUT2D eigenvalue weighted by Gasteiger charge is 2.16. The van der Waals surface area contributed by atoms with Gasteiger partial charge in [-0.15, -0.1) is 10.2 Å². The molecule has 0 saturated heterocycles. The van der Waals surface area contributed by atoms with E-state index < -0.39 is 0 Å². The largest absolute Gasteiger partial charge is 0.328 e. The molecule has 136 valence electrons. The Morgan fingerprint density at radius 1 is 1.15 bits per heavy atom. The number of aliphatic imine (C=N–C) groups is 1. The number of hydrogen-bond donors (Lipinski definition) is 2. The topological polar surface area (TPSA) is 86.6 Å². The maximum atomic E-state index is 9.51. The summed E-state index contributed by atoms with van der Waals surface area (Å²) in [4.78, 5) is 4.68. The van der Waals surface area contributed by atoms with Crippen LogP contribution in [-0.4, -0.2) is 28.0 Å². The van der Waals surface area contributed by atoms with Crippen LogP contribution in [-0.2, 0) is 6.42 Å². The van der Waals surface area contributed by atoms with Crippen molar-refractivity contribution in [1.82, 2.24) is 5.06 Å². The van der Waals surface area contributed by atoms with Crippen molar-refractivity contribution < 1.29 is 5.21 Å². The number of nitrogens with two attached hydrogens (primary N) is 1. The average Bonchev–Trinajstić information content (AvgIpc) is 3.16. The Morgan fingerprint density at radius 2 is 2.00 bits per heavy atom. The van der Waals surface area contributed by atoms with Crippen molar-refractivity contribution in [2.75, 3.05) is 6.54 Å². The predicted octanol–water partition coefficient (Wildman–Crippen LogP) is 2.29. The van der Waals surface area contributed by atoms with Crippen molar-refractivity contribution in [2.45, 2.75) is 12.5 Å². The second kappa shape index (κ2) is 7.87. The minimum Gasteiger partial charge on any atom is -0.328 e. The summed E-state index contributed by atoms with van der Waals surface area (Å²) < 4.78 is 0. The highest BCUT2D eigenvalue weighted by Crippen LogP contribution is 2.28. The third kappa shape index (κ3) is 4.16. The van der Waals surface area contributed by atoms with Crippen LogP contribution in [0.2, 0.25) is 0 Å². The van der Waals surface area contributed by atoms with Crippen LogP contribution in [0.4, 0.5) is 0 Å². The first-order valence-corrected chi connectivity index (χ1v) is 9.46. The van der Waals surface area contributed by atoms with Gasteiger partial charge in [-0.05, 0) is 41.5 Å². The molecule has 2 heterocycles. The van der Waals surface area contributed by atoms with Gasteiger partial charge in [0.15, 0.2) is 0 Å². The Kier molecular flexibility index (Phi) is 5.15. The number of nitrogens with zero attached hydrogens (tertiary/aromatic N) is 4. The molecule has 2 aromatic rings. The van der Waals surface area contributed by atoms with Gasteiger partial charge in [0, 0.05) is 29.4 Å². The molecule has 3 N–H and O–H groups in total. The summed E-state index contributed by atoms with van der Waals surface area (Å²) in [5, 5.41) is 22.4. The van der Waals surface area contributed by atoms with Crippen LogP contribution < -0.4 is 16.2 Å². The molecule has 0 saturated carbocycles. The van der Waals surface area contributed by atoms with Crippen molar-refractivity contribution in [1.29, 1.82) is 0 Å². The molecule has 1 atom stereocenters. The van der Waals surface area contributed by atoms with Gasteiger partial charge in [0.05, 0.1) is 6.04 Å². The highest BCUT2D eigenvalue weighted by molar-refractivity contribution is 8.21. The summed E-state index contributed by atoms with van der Waals surface area (Å²) >= 11 is 1.45. The van der Waals surface area contributed by atoms with Crippen LogP contribution in [0.1, 0.15) is 11.1 Å². The Bertz CT molecular complexity index is 1050. The van der Waals surface area contributed by atoms with Crippen LogP contribution in [0.3, 0.4) is 0 Å². The van der Waals surface area contributed by atoms with Gasteiger partial charge in [0.25, 0.3) is 0 Å². The lowest BCUT2D eigenvalue weighted by Crippen LogP contribution is -2.21. The van der Waals surface area contributed by atoms with Crippen molar-refractivity contribution in [3.05, 3.63) is 76.3 Å². The number of thioether (sulfide) groups is 1. The summed E-state index contributed by atoms with van der Waals surface area (Å²) in [5.41, 5.74) is 8.13. The number of rotatable bonds is 4. The SMILES string of the molecule is NCC(Cc1ccccc1)N=C1N=NC(=c2ccc3c(c2)C=CN(O)C=3)S1. The monoisotopic (exact) mass is 377 g/mol. The number of benzene rings is 2. The molecule has 2 aliphatic heterocycles. The quantitative estimate of drug-likeness (QED) is 0.856. The number of hydroxylamine groups is 2. The van der Waals surface area contributed by atoms with E-state index in [-0.39, 0.29) is 6.04 Å². The fourth-order valence-corrected chi connectivity index (χ4v) is 3.70. The van der Waals surface area contributed by atoms with E-state index in [2.05, 4.69) is 27.4 Å². The molecular weight excluding hydrogens is 358 g/mol.